The second kappa shape index (κ2) is 8.25. The maximum atomic E-state index is 11.8. The van der Waals surface area contributed by atoms with Crippen LogP contribution in [0.4, 0.5) is 0 Å². The largest absolute Gasteiger partial charge is 0.494 e. The lowest BCUT2D eigenvalue weighted by molar-refractivity contribution is 0.318. The highest BCUT2D eigenvalue weighted by atomic mass is 32.2. The van der Waals surface area contributed by atoms with Crippen molar-refractivity contribution in [1.29, 1.82) is 5.26 Å². The third-order valence-electron chi connectivity index (χ3n) is 2.96. The lowest BCUT2D eigenvalue weighted by Crippen LogP contribution is -2.16. The van der Waals surface area contributed by atoms with Crippen LogP contribution in [0.2, 0.25) is 0 Å². The molecule has 1 aromatic carbocycles. The highest BCUT2D eigenvalue weighted by Gasteiger charge is 2.09. The van der Waals surface area contributed by atoms with Crippen molar-refractivity contribution >= 4 is 11.8 Å². The average Bonchev–Trinajstić information content (AvgIpc) is 2.55. The Hall–Kier alpha value is -2.26. The summed E-state index contributed by atoms with van der Waals surface area (Å²) < 4.78 is 5.60. The number of aromatic nitrogens is 2. The van der Waals surface area contributed by atoms with Gasteiger partial charge in [-0.15, -0.1) is 0 Å². The Morgan fingerprint density at radius 1 is 1.36 bits per heavy atom. The van der Waals surface area contributed by atoms with Crippen molar-refractivity contribution in [3.63, 3.8) is 0 Å². The SMILES string of the molecule is CCc1nc(SCCCOc2ccccc2)[nH]c(=O)c1C#N. The summed E-state index contributed by atoms with van der Waals surface area (Å²) in [6, 6.07) is 11.5. The lowest BCUT2D eigenvalue weighted by Gasteiger charge is -2.06. The van der Waals surface area contributed by atoms with Gasteiger partial charge in [0.1, 0.15) is 17.4 Å². The molecule has 0 radical (unpaired) electrons. The van der Waals surface area contributed by atoms with Crippen molar-refractivity contribution in [3.8, 4) is 11.8 Å². The molecule has 1 aromatic heterocycles. The molecule has 114 valence electrons. The van der Waals surface area contributed by atoms with E-state index in [1.807, 2.05) is 43.3 Å². The van der Waals surface area contributed by atoms with Gasteiger partial charge in [0.15, 0.2) is 5.16 Å². The smallest absolute Gasteiger partial charge is 0.269 e. The minimum Gasteiger partial charge on any atom is -0.494 e. The Morgan fingerprint density at radius 3 is 2.82 bits per heavy atom. The minimum atomic E-state index is -0.364. The van der Waals surface area contributed by atoms with Gasteiger partial charge in [-0.05, 0) is 25.0 Å². The molecule has 0 atom stereocenters. The maximum absolute atomic E-state index is 11.8. The van der Waals surface area contributed by atoms with E-state index < -0.39 is 0 Å². The van der Waals surface area contributed by atoms with E-state index in [1.165, 1.54) is 11.8 Å². The predicted molar refractivity (Wildman–Crippen MR) is 86.2 cm³/mol. The third-order valence-corrected chi connectivity index (χ3v) is 3.92. The summed E-state index contributed by atoms with van der Waals surface area (Å²) in [5.41, 5.74) is 0.297. The van der Waals surface area contributed by atoms with Crippen LogP contribution in [-0.4, -0.2) is 22.3 Å². The number of nitrogens with zero attached hydrogens (tertiary/aromatic N) is 2. The normalized spacial score (nSPS) is 10.2. The molecule has 0 aliphatic carbocycles. The molecule has 5 nitrogen and oxygen atoms in total. The number of ether oxygens (including phenoxy) is 1. The number of aryl methyl sites for hydroxylation is 1. The number of nitrogens with one attached hydrogen (secondary N) is 1. The number of hydrogen-bond donors (Lipinski definition) is 1. The number of thioether (sulfide) groups is 1. The van der Waals surface area contributed by atoms with E-state index in [4.69, 9.17) is 10.00 Å². The van der Waals surface area contributed by atoms with Crippen molar-refractivity contribution in [2.24, 2.45) is 0 Å². The summed E-state index contributed by atoms with van der Waals surface area (Å²) in [5, 5.41) is 9.50. The van der Waals surface area contributed by atoms with Crippen LogP contribution in [-0.2, 0) is 6.42 Å². The van der Waals surface area contributed by atoms with E-state index in [2.05, 4.69) is 9.97 Å². The summed E-state index contributed by atoms with van der Waals surface area (Å²) in [6.45, 7) is 2.49. The first kappa shape index (κ1) is 16.1. The fourth-order valence-corrected chi connectivity index (χ4v) is 2.67. The number of benzene rings is 1. The van der Waals surface area contributed by atoms with Gasteiger partial charge in [-0.25, -0.2) is 4.98 Å². The number of aromatic amines is 1. The van der Waals surface area contributed by atoms with Crippen LogP contribution < -0.4 is 10.3 Å². The molecule has 0 spiro atoms. The fraction of sp³-hybridized carbons (Fsp3) is 0.312. The number of rotatable bonds is 7. The molecule has 0 aliphatic heterocycles. The first-order valence-corrected chi connectivity index (χ1v) is 8.07. The molecule has 6 heteroatoms. The summed E-state index contributed by atoms with van der Waals surface area (Å²) in [6.07, 6.45) is 1.40. The second-order valence-electron chi connectivity index (χ2n) is 4.52. The van der Waals surface area contributed by atoms with Crippen LogP contribution in [0, 0.1) is 11.3 Å². The molecular formula is C16H17N3O2S. The Labute approximate surface area is 133 Å². The first-order chi connectivity index (χ1) is 10.7. The average molecular weight is 315 g/mol. The van der Waals surface area contributed by atoms with E-state index >= 15 is 0 Å². The molecule has 0 saturated heterocycles. The van der Waals surface area contributed by atoms with Gasteiger partial charge in [0.25, 0.3) is 5.56 Å². The Morgan fingerprint density at radius 2 is 2.14 bits per heavy atom. The monoisotopic (exact) mass is 315 g/mol. The van der Waals surface area contributed by atoms with E-state index in [9.17, 15) is 4.79 Å². The van der Waals surface area contributed by atoms with Crippen LogP contribution in [0.25, 0.3) is 0 Å². The predicted octanol–water partition coefficient (Wildman–Crippen LogP) is 2.77. The maximum Gasteiger partial charge on any atom is 0.269 e. The number of nitriles is 1. The zero-order valence-electron chi connectivity index (χ0n) is 12.3. The number of H-pyrrole nitrogens is 1. The quantitative estimate of drug-likeness (QED) is 0.483. The fourth-order valence-electron chi connectivity index (χ4n) is 1.87. The molecular weight excluding hydrogens is 298 g/mol. The van der Waals surface area contributed by atoms with Crippen LogP contribution in [0.3, 0.4) is 0 Å². The van der Waals surface area contributed by atoms with Crippen molar-refractivity contribution in [2.45, 2.75) is 24.9 Å². The first-order valence-electron chi connectivity index (χ1n) is 7.08. The second-order valence-corrected chi connectivity index (χ2v) is 5.61. The molecule has 2 rings (SSSR count). The summed E-state index contributed by atoms with van der Waals surface area (Å²) in [5.74, 6) is 1.64. The standard InChI is InChI=1S/C16H17N3O2S/c1-2-14-13(11-17)15(20)19-16(18-14)22-10-6-9-21-12-7-4-3-5-8-12/h3-5,7-8H,2,6,9-10H2,1H3,(H,18,19,20). The van der Waals surface area contributed by atoms with Gasteiger partial charge >= 0.3 is 0 Å². The van der Waals surface area contributed by atoms with Crippen LogP contribution in [0.5, 0.6) is 5.75 Å². The molecule has 0 fully saturated rings. The topological polar surface area (TPSA) is 78.8 Å². The van der Waals surface area contributed by atoms with Crippen LogP contribution in [0.15, 0.2) is 40.3 Å². The molecule has 1 heterocycles. The molecule has 22 heavy (non-hydrogen) atoms. The van der Waals surface area contributed by atoms with Gasteiger partial charge in [0.2, 0.25) is 0 Å². The molecule has 1 N–H and O–H groups in total. The van der Waals surface area contributed by atoms with Gasteiger partial charge in [0, 0.05) is 5.75 Å². The molecule has 0 bridgehead atoms. The van der Waals surface area contributed by atoms with Crippen molar-refractivity contribution in [1.82, 2.24) is 9.97 Å². The van der Waals surface area contributed by atoms with Gasteiger partial charge in [-0.1, -0.05) is 36.9 Å². The third kappa shape index (κ3) is 4.37. The molecule has 0 aliphatic rings. The van der Waals surface area contributed by atoms with E-state index in [-0.39, 0.29) is 11.1 Å². The summed E-state index contributed by atoms with van der Waals surface area (Å²) in [7, 11) is 0. The van der Waals surface area contributed by atoms with Gasteiger partial charge in [0.05, 0.1) is 12.3 Å². The van der Waals surface area contributed by atoms with Gasteiger partial charge in [-0.3, -0.25) is 4.79 Å². The van der Waals surface area contributed by atoms with Gasteiger partial charge in [-0.2, -0.15) is 5.26 Å². The minimum absolute atomic E-state index is 0.110. The van der Waals surface area contributed by atoms with Crippen LogP contribution >= 0.6 is 11.8 Å². The van der Waals surface area contributed by atoms with Crippen molar-refractivity contribution in [3.05, 3.63) is 51.9 Å². The highest BCUT2D eigenvalue weighted by molar-refractivity contribution is 7.99. The van der Waals surface area contributed by atoms with Gasteiger partial charge < -0.3 is 9.72 Å². The number of para-hydroxylation sites is 1. The zero-order chi connectivity index (χ0) is 15.8. The highest BCUT2D eigenvalue weighted by Crippen LogP contribution is 2.15. The molecule has 0 saturated carbocycles. The van der Waals surface area contributed by atoms with Crippen LogP contribution in [0.1, 0.15) is 24.6 Å². The summed E-state index contributed by atoms with van der Waals surface area (Å²) >= 11 is 1.46. The Balaban J connectivity index is 1.84. The van der Waals surface area contributed by atoms with E-state index in [0.717, 1.165) is 17.9 Å². The molecule has 0 amide bonds. The molecule has 2 aromatic rings. The summed E-state index contributed by atoms with van der Waals surface area (Å²) in [4.78, 5) is 18.7. The zero-order valence-corrected chi connectivity index (χ0v) is 13.2. The Bertz CT molecular complexity index is 708. The molecule has 0 unspecified atom stereocenters. The van der Waals surface area contributed by atoms with E-state index in [1.54, 1.807) is 0 Å². The van der Waals surface area contributed by atoms with E-state index in [0.29, 0.717) is 23.9 Å². The van der Waals surface area contributed by atoms with Crippen molar-refractivity contribution in [2.75, 3.05) is 12.4 Å². The number of hydrogen-bond acceptors (Lipinski definition) is 5. The van der Waals surface area contributed by atoms with Crippen molar-refractivity contribution < 1.29 is 4.74 Å². The Kier molecular flexibility index (Phi) is 6.04. The lowest BCUT2D eigenvalue weighted by atomic mass is 10.2.